The molecule has 2 aliphatic heterocycles. The summed E-state index contributed by atoms with van der Waals surface area (Å²) < 4.78 is 5.13. The number of rotatable bonds is 4. The fourth-order valence-corrected chi connectivity index (χ4v) is 4.60. The van der Waals surface area contributed by atoms with Crippen molar-refractivity contribution < 1.29 is 14.3 Å². The molecule has 1 atom stereocenters. The summed E-state index contributed by atoms with van der Waals surface area (Å²) in [5.41, 5.74) is 0.397. The topological polar surface area (TPSA) is 75.6 Å². The average molecular weight is 411 g/mol. The monoisotopic (exact) mass is 410 g/mol. The number of nitrogens with zero attached hydrogens (tertiary/aromatic N) is 4. The number of anilines is 1. The van der Waals surface area contributed by atoms with Crippen molar-refractivity contribution in [1.29, 1.82) is 0 Å². The SMILES string of the molecule is CCOC(=O)C1CCN(C(=O)c2nnc(N3CCCCC3C)c3ccccc23)CC1. The molecule has 3 heterocycles. The first-order valence-electron chi connectivity index (χ1n) is 11.1. The highest BCUT2D eigenvalue weighted by Crippen LogP contribution is 2.31. The van der Waals surface area contributed by atoms with Gasteiger partial charge in [0.25, 0.3) is 5.91 Å². The lowest BCUT2D eigenvalue weighted by atomic mass is 9.96. The standard InChI is InChI=1S/C23H30N4O3/c1-3-30-23(29)17-11-14-26(15-12-17)22(28)20-18-9-4-5-10-19(18)21(25-24-20)27-13-7-6-8-16(27)2/h4-5,9-10,16-17H,3,6-8,11-15H2,1-2H3. The van der Waals surface area contributed by atoms with Gasteiger partial charge >= 0.3 is 5.97 Å². The Balaban J connectivity index is 1.57. The summed E-state index contributed by atoms with van der Waals surface area (Å²) in [4.78, 5) is 29.3. The number of amides is 1. The zero-order valence-electron chi connectivity index (χ0n) is 17.8. The van der Waals surface area contributed by atoms with Gasteiger partial charge in [0.05, 0.1) is 12.5 Å². The van der Waals surface area contributed by atoms with Crippen molar-refractivity contribution in [3.63, 3.8) is 0 Å². The number of fused-ring (bicyclic) bond motifs is 1. The Hall–Kier alpha value is -2.70. The molecule has 0 radical (unpaired) electrons. The molecular weight excluding hydrogens is 380 g/mol. The van der Waals surface area contributed by atoms with E-state index < -0.39 is 0 Å². The van der Waals surface area contributed by atoms with E-state index in [9.17, 15) is 9.59 Å². The summed E-state index contributed by atoms with van der Waals surface area (Å²) in [5.74, 6) is 0.476. The highest BCUT2D eigenvalue weighted by atomic mass is 16.5. The van der Waals surface area contributed by atoms with Gasteiger partial charge in [-0.25, -0.2) is 0 Å². The van der Waals surface area contributed by atoms with Crippen LogP contribution < -0.4 is 4.90 Å². The highest BCUT2D eigenvalue weighted by Gasteiger charge is 2.31. The molecule has 1 unspecified atom stereocenters. The third-order valence-corrected chi connectivity index (χ3v) is 6.35. The fraction of sp³-hybridized carbons (Fsp3) is 0.565. The van der Waals surface area contributed by atoms with Gasteiger partial charge in [-0.2, -0.15) is 0 Å². The molecular formula is C23H30N4O3. The van der Waals surface area contributed by atoms with E-state index in [4.69, 9.17) is 4.74 Å². The van der Waals surface area contributed by atoms with Crippen molar-refractivity contribution in [3.05, 3.63) is 30.0 Å². The number of aromatic nitrogens is 2. The Labute approximate surface area is 177 Å². The predicted octanol–water partition coefficient (Wildman–Crippen LogP) is 3.42. The maximum Gasteiger partial charge on any atom is 0.309 e. The smallest absolute Gasteiger partial charge is 0.309 e. The average Bonchev–Trinajstić information content (AvgIpc) is 2.79. The van der Waals surface area contributed by atoms with Crippen LogP contribution in [0.5, 0.6) is 0 Å². The molecule has 7 heteroatoms. The number of carbonyl (C=O) groups is 2. The zero-order valence-corrected chi connectivity index (χ0v) is 17.8. The molecule has 2 aromatic rings. The normalized spacial score (nSPS) is 20.4. The van der Waals surface area contributed by atoms with Gasteiger partial charge in [-0.3, -0.25) is 9.59 Å². The van der Waals surface area contributed by atoms with E-state index >= 15 is 0 Å². The molecule has 0 aliphatic carbocycles. The lowest BCUT2D eigenvalue weighted by Gasteiger charge is -2.35. The van der Waals surface area contributed by atoms with Gasteiger partial charge < -0.3 is 14.5 Å². The van der Waals surface area contributed by atoms with Crippen molar-refractivity contribution in [2.75, 3.05) is 31.1 Å². The van der Waals surface area contributed by atoms with Crippen LogP contribution in [0.3, 0.4) is 0 Å². The van der Waals surface area contributed by atoms with Crippen LogP contribution in [0.2, 0.25) is 0 Å². The van der Waals surface area contributed by atoms with Crippen LogP contribution in [0.25, 0.3) is 10.8 Å². The minimum Gasteiger partial charge on any atom is -0.466 e. The van der Waals surface area contributed by atoms with E-state index in [2.05, 4.69) is 22.0 Å². The second-order valence-corrected chi connectivity index (χ2v) is 8.27. The van der Waals surface area contributed by atoms with E-state index in [1.165, 1.54) is 6.42 Å². The molecule has 2 aliphatic rings. The van der Waals surface area contributed by atoms with Gasteiger partial charge in [0.2, 0.25) is 0 Å². The molecule has 2 saturated heterocycles. The first-order valence-corrected chi connectivity index (χ1v) is 11.1. The molecule has 0 N–H and O–H groups in total. The van der Waals surface area contributed by atoms with Crippen molar-refractivity contribution >= 4 is 28.5 Å². The molecule has 0 bridgehead atoms. The molecule has 0 spiro atoms. The number of ether oxygens (including phenoxy) is 1. The number of piperidine rings is 2. The third kappa shape index (κ3) is 3.98. The molecule has 4 rings (SSSR count). The Morgan fingerprint density at radius 3 is 2.47 bits per heavy atom. The zero-order chi connectivity index (χ0) is 21.1. The van der Waals surface area contributed by atoms with Crippen LogP contribution >= 0.6 is 0 Å². The number of likely N-dealkylation sites (tertiary alicyclic amines) is 1. The summed E-state index contributed by atoms with van der Waals surface area (Å²) in [6, 6.07) is 8.34. The summed E-state index contributed by atoms with van der Waals surface area (Å²) in [6.45, 7) is 6.46. The van der Waals surface area contributed by atoms with E-state index in [1.807, 2.05) is 31.2 Å². The molecule has 30 heavy (non-hydrogen) atoms. The van der Waals surface area contributed by atoms with Crippen LogP contribution in [0, 0.1) is 5.92 Å². The minimum absolute atomic E-state index is 0.112. The fourth-order valence-electron chi connectivity index (χ4n) is 4.60. The maximum atomic E-state index is 13.3. The van der Waals surface area contributed by atoms with Gasteiger partial charge in [0.15, 0.2) is 11.5 Å². The van der Waals surface area contributed by atoms with Crippen molar-refractivity contribution in [3.8, 4) is 0 Å². The van der Waals surface area contributed by atoms with E-state index in [-0.39, 0.29) is 17.8 Å². The molecule has 0 saturated carbocycles. The second kappa shape index (κ2) is 8.98. The van der Waals surface area contributed by atoms with Gasteiger partial charge in [0.1, 0.15) is 0 Å². The molecule has 2 fully saturated rings. The lowest BCUT2D eigenvalue weighted by molar-refractivity contribution is -0.149. The molecule has 1 amide bonds. The minimum atomic E-state index is -0.158. The van der Waals surface area contributed by atoms with Crippen molar-refractivity contribution in [2.24, 2.45) is 5.92 Å². The van der Waals surface area contributed by atoms with Crippen LogP contribution in [-0.4, -0.2) is 59.3 Å². The predicted molar refractivity (Wildman–Crippen MR) is 115 cm³/mol. The Bertz CT molecular complexity index is 924. The first-order chi connectivity index (χ1) is 14.6. The van der Waals surface area contributed by atoms with Gasteiger partial charge in [0, 0.05) is 36.4 Å². The molecule has 1 aromatic heterocycles. The van der Waals surface area contributed by atoms with E-state index in [1.54, 1.807) is 4.90 Å². The molecule has 160 valence electrons. The first kappa shape index (κ1) is 20.6. The van der Waals surface area contributed by atoms with Crippen molar-refractivity contribution in [2.45, 2.75) is 52.0 Å². The molecule has 1 aromatic carbocycles. The summed E-state index contributed by atoms with van der Waals surface area (Å²) in [6.07, 6.45) is 4.78. The van der Waals surface area contributed by atoms with Crippen LogP contribution in [0.4, 0.5) is 5.82 Å². The Morgan fingerprint density at radius 2 is 1.77 bits per heavy atom. The van der Waals surface area contributed by atoms with E-state index in [0.29, 0.717) is 44.3 Å². The number of hydrogen-bond acceptors (Lipinski definition) is 6. The third-order valence-electron chi connectivity index (χ3n) is 6.35. The number of esters is 1. The summed E-state index contributed by atoms with van der Waals surface area (Å²) >= 11 is 0. The lowest BCUT2D eigenvalue weighted by Crippen LogP contribution is -2.41. The quantitative estimate of drug-likeness (QED) is 0.719. The summed E-state index contributed by atoms with van der Waals surface area (Å²) in [7, 11) is 0. The molecule has 7 nitrogen and oxygen atoms in total. The highest BCUT2D eigenvalue weighted by molar-refractivity contribution is 6.07. The maximum absolute atomic E-state index is 13.3. The van der Waals surface area contributed by atoms with E-state index in [0.717, 1.165) is 36.0 Å². The Kier molecular flexibility index (Phi) is 6.16. The largest absolute Gasteiger partial charge is 0.466 e. The van der Waals surface area contributed by atoms with Crippen molar-refractivity contribution in [1.82, 2.24) is 15.1 Å². The van der Waals surface area contributed by atoms with Gasteiger partial charge in [-0.05, 0) is 46.0 Å². The number of benzene rings is 1. The summed E-state index contributed by atoms with van der Waals surface area (Å²) in [5, 5.41) is 10.7. The number of hydrogen-bond donors (Lipinski definition) is 0. The second-order valence-electron chi connectivity index (χ2n) is 8.27. The van der Waals surface area contributed by atoms with Crippen LogP contribution in [0.15, 0.2) is 24.3 Å². The van der Waals surface area contributed by atoms with Crippen LogP contribution in [0.1, 0.15) is 56.4 Å². The Morgan fingerprint density at radius 1 is 1.03 bits per heavy atom. The van der Waals surface area contributed by atoms with Gasteiger partial charge in [-0.1, -0.05) is 24.3 Å². The van der Waals surface area contributed by atoms with Gasteiger partial charge in [-0.15, -0.1) is 10.2 Å². The number of carbonyl (C=O) groups excluding carboxylic acids is 2. The van der Waals surface area contributed by atoms with Crippen LogP contribution in [-0.2, 0) is 9.53 Å².